The van der Waals surface area contributed by atoms with E-state index >= 15 is 0 Å². The quantitative estimate of drug-likeness (QED) is 0.413. The lowest BCUT2D eigenvalue weighted by atomic mass is 10.0. The number of nitrogens with one attached hydrogen (secondary N) is 1. The average Bonchev–Trinajstić information content (AvgIpc) is 3.22. The van der Waals surface area contributed by atoms with Crippen LogP contribution in [0.1, 0.15) is 15.7 Å². The minimum absolute atomic E-state index is 0.379. The summed E-state index contributed by atoms with van der Waals surface area (Å²) in [6, 6.07) is 26.2. The maximum Gasteiger partial charge on any atom is 0.0873 e. The van der Waals surface area contributed by atoms with Gasteiger partial charge in [-0.1, -0.05) is 54.1 Å². The molecule has 1 nitrogen and oxygen atoms in total. The second-order valence-electron chi connectivity index (χ2n) is 6.34. The van der Waals surface area contributed by atoms with Crippen molar-refractivity contribution in [2.24, 2.45) is 0 Å². The molecule has 0 unspecified atom stereocenters. The van der Waals surface area contributed by atoms with Crippen LogP contribution in [0.3, 0.4) is 0 Å². The highest BCUT2D eigenvalue weighted by Gasteiger charge is 2.29. The van der Waals surface area contributed by atoms with Gasteiger partial charge in [0.25, 0.3) is 0 Å². The van der Waals surface area contributed by atoms with E-state index in [0.717, 1.165) is 0 Å². The van der Waals surface area contributed by atoms with Gasteiger partial charge in [0.15, 0.2) is 0 Å². The van der Waals surface area contributed by atoms with Gasteiger partial charge < -0.3 is 4.98 Å². The first-order valence-electron chi connectivity index (χ1n) is 8.39. The van der Waals surface area contributed by atoms with Crippen molar-refractivity contribution in [1.82, 2.24) is 4.98 Å². The van der Waals surface area contributed by atoms with E-state index in [1.54, 1.807) is 0 Å². The third-order valence-electron chi connectivity index (χ3n) is 4.61. The minimum Gasteiger partial charge on any atom is -0.354 e. The minimum atomic E-state index is 0.379. The largest absolute Gasteiger partial charge is 0.354 e. The predicted octanol–water partition coefficient (Wildman–Crippen LogP) is 7.04. The predicted molar refractivity (Wildman–Crippen MR) is 109 cm³/mol. The average molecular weight is 360 g/mol. The molecule has 5 rings (SSSR count). The van der Waals surface area contributed by atoms with Gasteiger partial charge in [-0.3, -0.25) is 0 Å². The molecular formula is C22H17NS2. The molecule has 25 heavy (non-hydrogen) atoms. The second-order valence-corrected chi connectivity index (χ2v) is 8.94. The molecule has 1 aliphatic rings. The van der Waals surface area contributed by atoms with Crippen molar-refractivity contribution in [3.63, 3.8) is 0 Å². The number of fused-ring (bicyclic) bond motifs is 2. The molecule has 3 heteroatoms. The van der Waals surface area contributed by atoms with Gasteiger partial charge in [0.05, 0.1) is 10.3 Å². The Morgan fingerprint density at radius 1 is 0.800 bits per heavy atom. The lowest BCUT2D eigenvalue weighted by Crippen LogP contribution is -1.89. The van der Waals surface area contributed by atoms with Gasteiger partial charge in [0.2, 0.25) is 0 Å². The van der Waals surface area contributed by atoms with Crippen LogP contribution in [0.25, 0.3) is 22.2 Å². The Morgan fingerprint density at radius 3 is 2.28 bits per heavy atom. The molecule has 0 aliphatic carbocycles. The van der Waals surface area contributed by atoms with E-state index in [9.17, 15) is 0 Å². The molecule has 1 N–H and O–H groups in total. The van der Waals surface area contributed by atoms with Gasteiger partial charge >= 0.3 is 0 Å². The molecule has 122 valence electrons. The Morgan fingerprint density at radius 2 is 1.52 bits per heavy atom. The molecule has 2 heterocycles. The van der Waals surface area contributed by atoms with E-state index in [0.29, 0.717) is 4.58 Å². The number of benzene rings is 3. The number of H-pyrrole nitrogens is 1. The molecule has 0 amide bonds. The van der Waals surface area contributed by atoms with Crippen LogP contribution >= 0.6 is 23.5 Å². The van der Waals surface area contributed by atoms with E-state index in [1.165, 1.54) is 43.1 Å². The van der Waals surface area contributed by atoms with E-state index in [1.807, 2.05) is 23.5 Å². The van der Waals surface area contributed by atoms with E-state index in [4.69, 9.17) is 0 Å². The summed E-state index contributed by atoms with van der Waals surface area (Å²) in [5, 5.41) is 1.33. The van der Waals surface area contributed by atoms with Crippen LogP contribution in [-0.2, 0) is 0 Å². The molecule has 0 fully saturated rings. The molecule has 3 aromatic carbocycles. The number of hydrogen-bond acceptors (Lipinski definition) is 2. The lowest BCUT2D eigenvalue weighted by molar-refractivity contribution is 1.27. The Bertz CT molecular complexity index is 1060. The number of rotatable bonds is 2. The number of aromatic nitrogens is 1. The van der Waals surface area contributed by atoms with E-state index < -0.39 is 0 Å². The van der Waals surface area contributed by atoms with Gasteiger partial charge in [-0.05, 0) is 36.8 Å². The Balaban J connectivity index is 1.71. The number of aryl methyl sites for hydroxylation is 1. The molecular weight excluding hydrogens is 342 g/mol. The lowest BCUT2D eigenvalue weighted by Gasteiger charge is -2.11. The van der Waals surface area contributed by atoms with Crippen molar-refractivity contribution in [3.05, 3.63) is 83.9 Å². The number of hydrogen-bond donors (Lipinski definition) is 1. The summed E-state index contributed by atoms with van der Waals surface area (Å²) in [6.07, 6.45) is 0. The maximum absolute atomic E-state index is 3.68. The summed E-state index contributed by atoms with van der Waals surface area (Å²) in [6.45, 7) is 2.15. The highest BCUT2D eigenvalue weighted by atomic mass is 32.2. The number of para-hydroxylation sites is 1. The molecule has 1 aromatic heterocycles. The highest BCUT2D eigenvalue weighted by molar-refractivity contribution is 8.19. The van der Waals surface area contributed by atoms with E-state index in [2.05, 4.69) is 84.7 Å². The van der Waals surface area contributed by atoms with E-state index in [-0.39, 0.29) is 0 Å². The molecule has 1 aliphatic heterocycles. The Hall–Kier alpha value is -2.10. The molecule has 0 saturated carbocycles. The Labute approximate surface area is 155 Å². The van der Waals surface area contributed by atoms with Crippen LogP contribution in [0, 0.1) is 6.92 Å². The third kappa shape index (κ3) is 2.59. The first-order valence-corrected chi connectivity index (χ1v) is 10.2. The van der Waals surface area contributed by atoms with Crippen molar-refractivity contribution in [1.29, 1.82) is 0 Å². The summed E-state index contributed by atoms with van der Waals surface area (Å²) >= 11 is 3.93. The van der Waals surface area contributed by atoms with Crippen LogP contribution in [0.4, 0.5) is 0 Å². The topological polar surface area (TPSA) is 15.8 Å². The highest BCUT2D eigenvalue weighted by Crippen LogP contribution is 2.59. The van der Waals surface area contributed by atoms with Crippen LogP contribution in [0.5, 0.6) is 0 Å². The summed E-state index contributed by atoms with van der Waals surface area (Å²) in [5.74, 6) is 0. The fourth-order valence-electron chi connectivity index (χ4n) is 3.45. The SMILES string of the molecule is Cc1cccc(-c2[nH]c3ccccc3c2C2Sc3ccccc3S2)c1. The van der Waals surface area contributed by atoms with Crippen LogP contribution < -0.4 is 0 Å². The normalized spacial score (nSPS) is 14.1. The smallest absolute Gasteiger partial charge is 0.0873 e. The zero-order valence-electron chi connectivity index (χ0n) is 13.8. The second kappa shape index (κ2) is 6.01. The maximum atomic E-state index is 3.68. The molecule has 0 saturated heterocycles. The molecule has 4 aromatic rings. The zero-order chi connectivity index (χ0) is 16.8. The van der Waals surface area contributed by atoms with Gasteiger partial charge in [-0.2, -0.15) is 0 Å². The van der Waals surface area contributed by atoms with Gasteiger partial charge in [0.1, 0.15) is 0 Å². The Kier molecular flexibility index (Phi) is 3.65. The molecule has 0 atom stereocenters. The fourth-order valence-corrected chi connectivity index (χ4v) is 6.43. The van der Waals surface area contributed by atoms with Crippen LogP contribution in [0.15, 0.2) is 82.6 Å². The zero-order valence-corrected chi connectivity index (χ0v) is 15.5. The van der Waals surface area contributed by atoms with Crippen LogP contribution in [0.2, 0.25) is 0 Å². The molecule has 0 bridgehead atoms. The van der Waals surface area contributed by atoms with Crippen molar-refractivity contribution in [3.8, 4) is 11.3 Å². The fraction of sp³-hybridized carbons (Fsp3) is 0.0909. The summed E-state index contributed by atoms with van der Waals surface area (Å²) in [7, 11) is 0. The number of aromatic amines is 1. The van der Waals surface area contributed by atoms with Gasteiger partial charge in [-0.15, -0.1) is 23.5 Å². The van der Waals surface area contributed by atoms with Crippen LogP contribution in [-0.4, -0.2) is 4.98 Å². The molecule has 0 spiro atoms. The summed E-state index contributed by atoms with van der Waals surface area (Å²) in [5.41, 5.74) is 6.43. The van der Waals surface area contributed by atoms with Crippen molar-refractivity contribution in [2.75, 3.05) is 0 Å². The first kappa shape index (κ1) is 15.2. The third-order valence-corrected chi connectivity index (χ3v) is 7.43. The van der Waals surface area contributed by atoms with Crippen molar-refractivity contribution in [2.45, 2.75) is 21.3 Å². The summed E-state index contributed by atoms with van der Waals surface area (Å²) in [4.78, 5) is 6.46. The van der Waals surface area contributed by atoms with Gasteiger partial charge in [0, 0.05) is 26.3 Å². The van der Waals surface area contributed by atoms with Crippen molar-refractivity contribution >= 4 is 34.4 Å². The van der Waals surface area contributed by atoms with Gasteiger partial charge in [-0.25, -0.2) is 0 Å². The van der Waals surface area contributed by atoms with Crippen molar-refractivity contribution < 1.29 is 0 Å². The number of thioether (sulfide) groups is 2. The molecule has 0 radical (unpaired) electrons. The first-order chi connectivity index (χ1) is 12.3. The summed E-state index contributed by atoms with van der Waals surface area (Å²) < 4.78 is 0.379. The standard InChI is InChI=1S/C22H17NS2/c1-14-7-6-8-15(13-14)21-20(16-9-2-3-10-17(16)23-21)22-24-18-11-4-5-12-19(18)25-22/h2-13,22-23H,1H3. The monoisotopic (exact) mass is 359 g/mol.